The molecule has 0 spiro atoms. The summed E-state index contributed by atoms with van der Waals surface area (Å²) in [5.41, 5.74) is 1.99. The van der Waals surface area contributed by atoms with Crippen molar-refractivity contribution < 1.29 is 22.8 Å². The third-order valence-corrected chi connectivity index (χ3v) is 5.81. The molecule has 1 atom stereocenters. The molecule has 35 heavy (non-hydrogen) atoms. The molecule has 0 radical (unpaired) electrons. The van der Waals surface area contributed by atoms with Gasteiger partial charge >= 0.3 is 6.18 Å². The number of carbonyl (C=O) groups is 2. The van der Waals surface area contributed by atoms with Crippen LogP contribution in [0.1, 0.15) is 28.3 Å². The molecule has 0 heterocycles. The summed E-state index contributed by atoms with van der Waals surface area (Å²) >= 11 is 5.69. The first kappa shape index (κ1) is 26.2. The molecular weight excluding hydrogens is 479 g/mol. The summed E-state index contributed by atoms with van der Waals surface area (Å²) in [5, 5.41) is 4.95. The Morgan fingerprint density at radius 3 is 2.17 bits per heavy atom. The van der Waals surface area contributed by atoms with Gasteiger partial charge in [-0.2, -0.15) is 13.2 Å². The minimum Gasteiger partial charge on any atom is -0.324 e. The molecule has 0 unspecified atom stereocenters. The zero-order valence-electron chi connectivity index (χ0n) is 19.4. The molecule has 0 saturated heterocycles. The Morgan fingerprint density at radius 2 is 1.57 bits per heavy atom. The summed E-state index contributed by atoms with van der Waals surface area (Å²) in [5.74, 6) is -0.918. The van der Waals surface area contributed by atoms with Crippen molar-refractivity contribution in [1.82, 2.24) is 4.90 Å². The lowest BCUT2D eigenvalue weighted by molar-refractivity contribution is -0.137. The summed E-state index contributed by atoms with van der Waals surface area (Å²) in [6, 6.07) is 16.6. The van der Waals surface area contributed by atoms with E-state index in [0.29, 0.717) is 11.3 Å². The van der Waals surface area contributed by atoms with Crippen LogP contribution in [0.3, 0.4) is 0 Å². The van der Waals surface area contributed by atoms with Crippen molar-refractivity contribution in [2.24, 2.45) is 0 Å². The molecule has 0 aliphatic rings. The number of aryl methyl sites for hydroxylation is 2. The second-order valence-electron chi connectivity index (χ2n) is 8.22. The van der Waals surface area contributed by atoms with Crippen LogP contribution in [0.2, 0.25) is 5.02 Å². The first-order valence-electron chi connectivity index (χ1n) is 10.8. The zero-order valence-corrected chi connectivity index (χ0v) is 20.2. The van der Waals surface area contributed by atoms with Crippen LogP contribution in [0, 0.1) is 13.8 Å². The van der Waals surface area contributed by atoms with E-state index in [0.717, 1.165) is 23.3 Å². The topological polar surface area (TPSA) is 61.4 Å². The molecule has 0 aliphatic heterocycles. The van der Waals surface area contributed by atoms with Gasteiger partial charge in [-0.25, -0.2) is 0 Å². The summed E-state index contributed by atoms with van der Waals surface area (Å²) in [6.07, 6.45) is -4.67. The van der Waals surface area contributed by atoms with E-state index in [1.165, 1.54) is 11.0 Å². The van der Waals surface area contributed by atoms with Crippen LogP contribution in [0.15, 0.2) is 66.7 Å². The monoisotopic (exact) mass is 503 g/mol. The molecule has 0 bridgehead atoms. The van der Waals surface area contributed by atoms with Crippen LogP contribution in [-0.2, 0) is 15.8 Å². The predicted molar refractivity (Wildman–Crippen MR) is 131 cm³/mol. The minimum atomic E-state index is -4.67. The fraction of sp³-hybridized carbons (Fsp3) is 0.231. The van der Waals surface area contributed by atoms with E-state index in [1.54, 1.807) is 37.4 Å². The molecule has 3 aromatic carbocycles. The summed E-state index contributed by atoms with van der Waals surface area (Å²) < 4.78 is 39.7. The maximum atomic E-state index is 13.2. The maximum absolute atomic E-state index is 13.2. The molecule has 0 aliphatic carbocycles. The van der Waals surface area contributed by atoms with E-state index in [1.807, 2.05) is 32.0 Å². The van der Waals surface area contributed by atoms with Gasteiger partial charge in [-0.05, 0) is 55.8 Å². The zero-order chi connectivity index (χ0) is 25.8. The van der Waals surface area contributed by atoms with E-state index in [2.05, 4.69) is 10.6 Å². The molecule has 3 rings (SSSR count). The van der Waals surface area contributed by atoms with Gasteiger partial charge in [0.1, 0.15) is 6.04 Å². The number of likely N-dealkylation sites (N-methyl/N-ethyl adjacent to an activating group) is 1. The number of carbonyl (C=O) groups excluding carboxylic acids is 2. The predicted octanol–water partition coefficient (Wildman–Crippen LogP) is 6.23. The average Bonchev–Trinajstić information content (AvgIpc) is 2.78. The molecular formula is C26H25ClF3N3O2. The highest BCUT2D eigenvalue weighted by atomic mass is 35.5. The van der Waals surface area contributed by atoms with Crippen LogP contribution in [0.25, 0.3) is 0 Å². The highest BCUT2D eigenvalue weighted by molar-refractivity contribution is 6.31. The number of nitrogens with zero attached hydrogens (tertiary/aromatic N) is 1. The largest absolute Gasteiger partial charge is 0.417 e. The molecule has 9 heteroatoms. The van der Waals surface area contributed by atoms with Crippen molar-refractivity contribution in [3.63, 3.8) is 0 Å². The summed E-state index contributed by atoms with van der Waals surface area (Å²) in [7, 11) is 1.60. The number of hydrogen-bond acceptors (Lipinski definition) is 3. The number of benzene rings is 3. The van der Waals surface area contributed by atoms with Gasteiger partial charge in [-0.1, -0.05) is 60.1 Å². The fourth-order valence-corrected chi connectivity index (χ4v) is 4.01. The number of para-hydroxylation sites is 1. The van der Waals surface area contributed by atoms with Gasteiger partial charge in [0.25, 0.3) is 0 Å². The number of rotatable bonds is 7. The van der Waals surface area contributed by atoms with E-state index in [4.69, 9.17) is 11.6 Å². The first-order valence-corrected chi connectivity index (χ1v) is 11.1. The van der Waals surface area contributed by atoms with E-state index in [-0.39, 0.29) is 18.1 Å². The van der Waals surface area contributed by atoms with Gasteiger partial charge in [0.15, 0.2) is 0 Å². The normalized spacial score (nSPS) is 12.3. The third kappa shape index (κ3) is 6.61. The van der Waals surface area contributed by atoms with Gasteiger partial charge in [0.05, 0.1) is 17.1 Å². The number of halogens is 4. The van der Waals surface area contributed by atoms with E-state index in [9.17, 15) is 22.8 Å². The Kier molecular flexibility index (Phi) is 8.19. The molecule has 0 fully saturated rings. The van der Waals surface area contributed by atoms with E-state index >= 15 is 0 Å². The van der Waals surface area contributed by atoms with Crippen molar-refractivity contribution in [2.45, 2.75) is 26.1 Å². The number of anilines is 2. The van der Waals surface area contributed by atoms with Gasteiger partial charge in [-0.15, -0.1) is 0 Å². The highest BCUT2D eigenvalue weighted by Gasteiger charge is 2.34. The fourth-order valence-electron chi connectivity index (χ4n) is 3.78. The molecule has 184 valence electrons. The lowest BCUT2D eigenvalue weighted by atomic mass is 10.0. The van der Waals surface area contributed by atoms with Crippen LogP contribution in [0.5, 0.6) is 0 Å². The van der Waals surface area contributed by atoms with Gasteiger partial charge in [-0.3, -0.25) is 14.5 Å². The highest BCUT2D eigenvalue weighted by Crippen LogP contribution is 2.36. The maximum Gasteiger partial charge on any atom is 0.417 e. The Bertz CT molecular complexity index is 1200. The Labute approximate surface area is 206 Å². The summed E-state index contributed by atoms with van der Waals surface area (Å²) in [4.78, 5) is 27.6. The second kappa shape index (κ2) is 10.9. The van der Waals surface area contributed by atoms with Crippen molar-refractivity contribution in [2.75, 3.05) is 24.2 Å². The average molecular weight is 504 g/mol. The summed E-state index contributed by atoms with van der Waals surface area (Å²) in [6.45, 7) is 3.64. The van der Waals surface area contributed by atoms with Crippen molar-refractivity contribution in [3.8, 4) is 0 Å². The van der Waals surface area contributed by atoms with Crippen LogP contribution in [0.4, 0.5) is 24.5 Å². The number of nitrogens with one attached hydrogen (secondary N) is 2. The van der Waals surface area contributed by atoms with Crippen LogP contribution in [-0.4, -0.2) is 30.3 Å². The Balaban J connectivity index is 1.83. The van der Waals surface area contributed by atoms with Crippen molar-refractivity contribution in [3.05, 3.63) is 94.0 Å². The third-order valence-electron chi connectivity index (χ3n) is 5.48. The molecule has 5 nitrogen and oxygen atoms in total. The minimum absolute atomic E-state index is 0.0546. The SMILES string of the molecule is Cc1cccc(C)c1NC(=O)CN(C)[C@H](C(=O)Nc1ccc(Cl)c(C(F)(F)F)c1)c1ccccc1. The molecule has 0 saturated carbocycles. The van der Waals surface area contributed by atoms with Crippen molar-refractivity contribution in [1.29, 1.82) is 0 Å². The molecule has 2 N–H and O–H groups in total. The quantitative estimate of drug-likeness (QED) is 0.402. The van der Waals surface area contributed by atoms with Crippen LogP contribution >= 0.6 is 11.6 Å². The number of amides is 2. The lowest BCUT2D eigenvalue weighted by Gasteiger charge is -2.27. The molecule has 3 aromatic rings. The van der Waals surface area contributed by atoms with Crippen molar-refractivity contribution >= 4 is 34.8 Å². The van der Waals surface area contributed by atoms with Gasteiger partial charge in [0.2, 0.25) is 11.8 Å². The van der Waals surface area contributed by atoms with Gasteiger partial charge in [0, 0.05) is 11.4 Å². The Hall–Kier alpha value is -3.36. The second-order valence-corrected chi connectivity index (χ2v) is 8.63. The molecule has 2 amide bonds. The smallest absolute Gasteiger partial charge is 0.324 e. The number of hydrogen-bond donors (Lipinski definition) is 2. The first-order chi connectivity index (χ1) is 16.5. The van der Waals surface area contributed by atoms with Crippen LogP contribution < -0.4 is 10.6 Å². The molecule has 0 aromatic heterocycles. The van der Waals surface area contributed by atoms with Gasteiger partial charge < -0.3 is 10.6 Å². The van der Waals surface area contributed by atoms with E-state index < -0.39 is 28.7 Å². The number of alkyl halides is 3. The lowest BCUT2D eigenvalue weighted by Crippen LogP contribution is -2.39. The Morgan fingerprint density at radius 1 is 0.943 bits per heavy atom. The standard InChI is InChI=1S/C26H25ClF3N3O2/c1-16-8-7-9-17(2)23(16)32-22(34)15-33(3)24(18-10-5-4-6-11-18)25(35)31-19-12-13-21(27)20(14-19)26(28,29)30/h4-14,24H,15H2,1-3H3,(H,31,35)(H,32,34)/t24-/m0/s1.